The Bertz CT molecular complexity index is 967. The number of fused-ring (bicyclic) bond motifs is 1. The second-order valence-corrected chi connectivity index (χ2v) is 7.13. The topological polar surface area (TPSA) is 45.5 Å². The predicted octanol–water partition coefficient (Wildman–Crippen LogP) is 4.44. The molecule has 4 nitrogen and oxygen atoms in total. The molecule has 0 radical (unpaired) electrons. The number of phenols is 1. The van der Waals surface area contributed by atoms with Crippen molar-refractivity contribution < 1.29 is 9.90 Å². The highest BCUT2D eigenvalue weighted by molar-refractivity contribution is 6.10. The van der Waals surface area contributed by atoms with Gasteiger partial charge in [-0.25, -0.2) is 0 Å². The highest BCUT2D eigenvalue weighted by Gasteiger charge is 2.24. The number of benzene rings is 2. The van der Waals surface area contributed by atoms with Crippen molar-refractivity contribution in [3.8, 4) is 11.4 Å². The fourth-order valence-electron chi connectivity index (χ4n) is 4.23. The molecule has 0 aliphatic carbocycles. The van der Waals surface area contributed by atoms with Crippen molar-refractivity contribution in [2.75, 3.05) is 13.1 Å². The number of rotatable bonds is 4. The number of phenolic OH excluding ortho intramolecular Hbond substituents is 1. The number of hydrogen-bond donors (Lipinski definition) is 1. The minimum absolute atomic E-state index is 0.0375. The Labute approximate surface area is 153 Å². The number of carbonyl (C=O) groups is 1. The Kier molecular flexibility index (Phi) is 4.29. The van der Waals surface area contributed by atoms with E-state index >= 15 is 0 Å². The van der Waals surface area contributed by atoms with Gasteiger partial charge in [0.25, 0.3) is 0 Å². The van der Waals surface area contributed by atoms with Gasteiger partial charge in [-0.3, -0.25) is 9.69 Å². The molecule has 1 saturated heterocycles. The Morgan fingerprint density at radius 2 is 1.77 bits per heavy atom. The first kappa shape index (κ1) is 16.9. The lowest BCUT2D eigenvalue weighted by atomic mass is 10.0. The maximum absolute atomic E-state index is 12.5. The van der Waals surface area contributed by atoms with Crippen LogP contribution in [0.4, 0.5) is 0 Å². The zero-order valence-corrected chi connectivity index (χ0v) is 15.3. The number of carbonyl (C=O) groups excluding carboxylic acids is 1. The van der Waals surface area contributed by atoms with Gasteiger partial charge in [-0.1, -0.05) is 18.2 Å². The standard InChI is InChI=1S/C22H24N2O2/c1-15-21(16(2)25)22-18(14-23-12-6-7-13-23)20(26)11-10-19(22)24(15)17-8-4-3-5-9-17/h3-5,8-11,26H,6-7,12-14H2,1-2H3. The smallest absolute Gasteiger partial charge is 0.162 e. The fourth-order valence-corrected chi connectivity index (χ4v) is 4.23. The summed E-state index contributed by atoms with van der Waals surface area (Å²) in [7, 11) is 0. The van der Waals surface area contributed by atoms with Crippen LogP contribution < -0.4 is 0 Å². The van der Waals surface area contributed by atoms with Crippen molar-refractivity contribution in [2.24, 2.45) is 0 Å². The van der Waals surface area contributed by atoms with Crippen LogP contribution in [0.2, 0.25) is 0 Å². The first-order valence-corrected chi connectivity index (χ1v) is 9.22. The van der Waals surface area contributed by atoms with Crippen LogP contribution in [0.15, 0.2) is 42.5 Å². The van der Waals surface area contributed by atoms with Crippen LogP contribution in [0, 0.1) is 6.92 Å². The van der Waals surface area contributed by atoms with Crippen LogP contribution in [0.5, 0.6) is 5.75 Å². The van der Waals surface area contributed by atoms with E-state index < -0.39 is 0 Å². The number of aromatic hydroxyl groups is 1. The summed E-state index contributed by atoms with van der Waals surface area (Å²) in [5, 5.41) is 11.5. The molecule has 4 heteroatoms. The molecule has 2 heterocycles. The second kappa shape index (κ2) is 6.61. The van der Waals surface area contributed by atoms with Crippen LogP contribution in [0.3, 0.4) is 0 Å². The molecule has 26 heavy (non-hydrogen) atoms. The molecule has 0 unspecified atom stereocenters. The van der Waals surface area contributed by atoms with Crippen LogP contribution in [-0.2, 0) is 6.54 Å². The maximum atomic E-state index is 12.5. The van der Waals surface area contributed by atoms with E-state index in [4.69, 9.17) is 0 Å². The molecule has 0 amide bonds. The quantitative estimate of drug-likeness (QED) is 0.709. The minimum Gasteiger partial charge on any atom is -0.508 e. The SMILES string of the molecule is CC(=O)c1c(C)n(-c2ccccc2)c2ccc(O)c(CN3CCCC3)c12. The third-order valence-electron chi connectivity index (χ3n) is 5.40. The molecule has 1 fully saturated rings. The lowest BCUT2D eigenvalue weighted by Crippen LogP contribution is -2.18. The lowest BCUT2D eigenvalue weighted by molar-refractivity contribution is 0.101. The molecule has 1 aliphatic heterocycles. The highest BCUT2D eigenvalue weighted by atomic mass is 16.3. The third-order valence-corrected chi connectivity index (χ3v) is 5.40. The second-order valence-electron chi connectivity index (χ2n) is 7.13. The molecule has 1 aliphatic rings. The minimum atomic E-state index is 0.0375. The van der Waals surface area contributed by atoms with Crippen LogP contribution in [-0.4, -0.2) is 33.4 Å². The van der Waals surface area contributed by atoms with E-state index in [1.54, 1.807) is 13.0 Å². The van der Waals surface area contributed by atoms with E-state index in [9.17, 15) is 9.90 Å². The van der Waals surface area contributed by atoms with E-state index in [0.29, 0.717) is 12.1 Å². The molecule has 0 saturated carbocycles. The van der Waals surface area contributed by atoms with Crippen molar-refractivity contribution in [2.45, 2.75) is 33.2 Å². The van der Waals surface area contributed by atoms with Gasteiger partial charge >= 0.3 is 0 Å². The van der Waals surface area contributed by atoms with Crippen molar-refractivity contribution >= 4 is 16.7 Å². The number of nitrogens with zero attached hydrogens (tertiary/aromatic N) is 2. The first-order chi connectivity index (χ1) is 12.6. The molecule has 4 rings (SSSR count). The maximum Gasteiger partial charge on any atom is 0.162 e. The molecule has 2 aromatic carbocycles. The number of Topliss-reactive ketones (excluding diaryl/α,β-unsaturated/α-hetero) is 1. The van der Waals surface area contributed by atoms with E-state index in [1.807, 2.05) is 43.3 Å². The van der Waals surface area contributed by atoms with Gasteiger partial charge in [0, 0.05) is 34.4 Å². The van der Waals surface area contributed by atoms with Crippen LogP contribution in [0.25, 0.3) is 16.6 Å². The summed E-state index contributed by atoms with van der Waals surface area (Å²) in [6, 6.07) is 13.8. The van der Waals surface area contributed by atoms with Gasteiger partial charge in [-0.15, -0.1) is 0 Å². The van der Waals surface area contributed by atoms with E-state index in [2.05, 4.69) is 9.47 Å². The van der Waals surface area contributed by atoms with Gasteiger partial charge in [0.05, 0.1) is 5.52 Å². The van der Waals surface area contributed by atoms with Crippen LogP contribution >= 0.6 is 0 Å². The van der Waals surface area contributed by atoms with Crippen molar-refractivity contribution in [1.82, 2.24) is 9.47 Å². The van der Waals surface area contributed by atoms with Crippen LogP contribution in [0.1, 0.15) is 41.4 Å². The summed E-state index contributed by atoms with van der Waals surface area (Å²) in [5.41, 5.74) is 4.51. The normalized spacial score (nSPS) is 15.0. The molecule has 3 aromatic rings. The Balaban J connectivity index is 2.00. The van der Waals surface area contributed by atoms with Gasteiger partial charge in [0.1, 0.15) is 5.75 Å². The Morgan fingerprint density at radius 3 is 2.42 bits per heavy atom. The Hall–Kier alpha value is -2.59. The van der Waals surface area contributed by atoms with Gasteiger partial charge in [0.2, 0.25) is 0 Å². The summed E-state index contributed by atoms with van der Waals surface area (Å²) in [5.74, 6) is 0.313. The number of aromatic nitrogens is 1. The monoisotopic (exact) mass is 348 g/mol. The van der Waals surface area contributed by atoms with Crippen molar-refractivity contribution in [3.63, 3.8) is 0 Å². The van der Waals surface area contributed by atoms with Gasteiger partial charge in [-0.2, -0.15) is 0 Å². The average Bonchev–Trinajstić information content (AvgIpc) is 3.23. The summed E-state index contributed by atoms with van der Waals surface area (Å²) in [6.45, 7) is 6.37. The highest BCUT2D eigenvalue weighted by Crippen LogP contribution is 2.37. The van der Waals surface area contributed by atoms with Gasteiger partial charge < -0.3 is 9.67 Å². The molecule has 0 atom stereocenters. The molecular formula is C22H24N2O2. The fraction of sp³-hybridized carbons (Fsp3) is 0.318. The molecule has 1 N–H and O–H groups in total. The number of likely N-dealkylation sites (tertiary alicyclic amines) is 1. The summed E-state index contributed by atoms with van der Waals surface area (Å²) in [6.07, 6.45) is 2.39. The lowest BCUT2D eigenvalue weighted by Gasteiger charge is -2.17. The average molecular weight is 348 g/mol. The first-order valence-electron chi connectivity index (χ1n) is 9.22. The molecule has 0 bridgehead atoms. The van der Waals surface area contributed by atoms with E-state index in [0.717, 1.165) is 40.9 Å². The van der Waals surface area contributed by atoms with E-state index in [-0.39, 0.29) is 11.5 Å². The molecule has 0 spiro atoms. The number of ketones is 1. The van der Waals surface area contributed by atoms with Crippen molar-refractivity contribution in [1.29, 1.82) is 0 Å². The summed E-state index contributed by atoms with van der Waals surface area (Å²) < 4.78 is 2.12. The van der Waals surface area contributed by atoms with Crippen molar-refractivity contribution in [3.05, 3.63) is 59.3 Å². The Morgan fingerprint density at radius 1 is 1.08 bits per heavy atom. The molecule has 1 aromatic heterocycles. The number of para-hydroxylation sites is 1. The van der Waals surface area contributed by atoms with E-state index in [1.165, 1.54) is 12.8 Å². The predicted molar refractivity (Wildman–Crippen MR) is 104 cm³/mol. The molecular weight excluding hydrogens is 324 g/mol. The summed E-state index contributed by atoms with van der Waals surface area (Å²) in [4.78, 5) is 14.9. The van der Waals surface area contributed by atoms with Gasteiger partial charge in [0.15, 0.2) is 5.78 Å². The summed E-state index contributed by atoms with van der Waals surface area (Å²) >= 11 is 0. The zero-order chi connectivity index (χ0) is 18.3. The molecule has 134 valence electrons. The number of hydrogen-bond acceptors (Lipinski definition) is 3. The third kappa shape index (κ3) is 2.71. The van der Waals surface area contributed by atoms with Gasteiger partial charge in [-0.05, 0) is 64.0 Å². The largest absolute Gasteiger partial charge is 0.508 e. The zero-order valence-electron chi connectivity index (χ0n) is 15.3.